The fraction of sp³-hybridized carbons (Fsp3) is 0.312. The van der Waals surface area contributed by atoms with Crippen molar-refractivity contribution >= 4 is 5.69 Å². The minimum atomic E-state index is 0.262. The summed E-state index contributed by atoms with van der Waals surface area (Å²) in [5.41, 5.74) is 3.02. The number of anilines is 1. The Balaban J connectivity index is 1.60. The molecule has 2 heterocycles. The normalized spacial score (nSPS) is 17.8. The Morgan fingerprint density at radius 2 is 2.15 bits per heavy atom. The van der Waals surface area contributed by atoms with Gasteiger partial charge in [-0.2, -0.15) is 0 Å². The molecule has 1 unspecified atom stereocenters. The molecule has 3 rings (SSSR count). The summed E-state index contributed by atoms with van der Waals surface area (Å²) in [6.45, 7) is 2.67. The average molecular weight is 270 g/mol. The van der Waals surface area contributed by atoms with Crippen LogP contribution in [0.3, 0.4) is 0 Å². The second kappa shape index (κ2) is 5.82. The van der Waals surface area contributed by atoms with E-state index in [4.69, 9.17) is 9.15 Å². The molecule has 4 heteroatoms. The van der Waals surface area contributed by atoms with E-state index >= 15 is 0 Å². The highest BCUT2D eigenvalue weighted by molar-refractivity contribution is 5.61. The van der Waals surface area contributed by atoms with Crippen molar-refractivity contribution < 1.29 is 9.15 Å². The molecule has 1 aromatic heterocycles. The topological polar surface area (TPSA) is 47.3 Å². The van der Waals surface area contributed by atoms with Crippen LogP contribution in [0.15, 0.2) is 47.3 Å². The number of rotatable bonds is 4. The lowest BCUT2D eigenvalue weighted by atomic mass is 10.1. The molecule has 104 valence electrons. The van der Waals surface area contributed by atoms with Crippen LogP contribution in [-0.4, -0.2) is 17.6 Å². The van der Waals surface area contributed by atoms with Crippen molar-refractivity contribution in [2.45, 2.75) is 25.9 Å². The number of aryl methyl sites for hydroxylation is 1. The van der Waals surface area contributed by atoms with Crippen LogP contribution in [0.5, 0.6) is 0 Å². The minimum Gasteiger partial charge on any atom is -0.497 e. The van der Waals surface area contributed by atoms with Crippen molar-refractivity contribution in [3.63, 3.8) is 0 Å². The maximum absolute atomic E-state index is 5.53. The molecular weight excluding hydrogens is 252 g/mol. The summed E-state index contributed by atoms with van der Waals surface area (Å²) in [7, 11) is 0. The van der Waals surface area contributed by atoms with Crippen molar-refractivity contribution in [1.82, 2.24) is 4.98 Å². The first-order valence-corrected chi connectivity index (χ1v) is 6.88. The zero-order valence-electron chi connectivity index (χ0n) is 11.5. The highest BCUT2D eigenvalue weighted by atomic mass is 16.5. The molecule has 0 saturated heterocycles. The zero-order chi connectivity index (χ0) is 13.8. The molecule has 0 saturated carbocycles. The molecular formula is C16H18N2O2. The first-order valence-electron chi connectivity index (χ1n) is 6.88. The Kier molecular flexibility index (Phi) is 3.72. The second-order valence-corrected chi connectivity index (χ2v) is 4.92. The molecule has 0 aliphatic carbocycles. The lowest BCUT2D eigenvalue weighted by Crippen LogP contribution is -2.22. The van der Waals surface area contributed by atoms with E-state index < -0.39 is 0 Å². The van der Waals surface area contributed by atoms with Gasteiger partial charge in [-0.3, -0.25) is 0 Å². The molecule has 1 aliphatic heterocycles. The summed E-state index contributed by atoms with van der Waals surface area (Å²) in [4.78, 5) is 4.32. The van der Waals surface area contributed by atoms with E-state index in [1.165, 1.54) is 0 Å². The third-order valence-electron chi connectivity index (χ3n) is 3.36. The Morgan fingerprint density at radius 3 is 2.80 bits per heavy atom. The number of aromatic nitrogens is 1. The number of nitrogens with zero attached hydrogens (tertiary/aromatic N) is 1. The highest BCUT2D eigenvalue weighted by Gasteiger charge is 2.10. The van der Waals surface area contributed by atoms with Gasteiger partial charge in [0, 0.05) is 18.2 Å². The number of hydrogen-bond donors (Lipinski definition) is 1. The summed E-state index contributed by atoms with van der Waals surface area (Å²) in [6.07, 6.45) is 7.96. The molecule has 0 fully saturated rings. The summed E-state index contributed by atoms with van der Waals surface area (Å²) in [6, 6.07) is 8.19. The molecule has 0 amide bonds. The molecule has 1 N–H and O–H groups in total. The second-order valence-electron chi connectivity index (χ2n) is 4.92. The molecule has 4 nitrogen and oxygen atoms in total. The zero-order valence-corrected chi connectivity index (χ0v) is 11.5. The average Bonchev–Trinajstić information content (AvgIpc) is 2.93. The third kappa shape index (κ3) is 3.02. The lowest BCUT2D eigenvalue weighted by molar-refractivity contribution is 0.135. The van der Waals surface area contributed by atoms with Gasteiger partial charge in [0.1, 0.15) is 18.1 Å². The lowest BCUT2D eigenvalue weighted by Gasteiger charge is -2.20. The SMILES string of the molecule is Cc1nc(-c2ccc(NCC3CCC=CO3)cc2)co1. The van der Waals surface area contributed by atoms with Crippen molar-refractivity contribution in [2.24, 2.45) is 0 Å². The minimum absolute atomic E-state index is 0.262. The van der Waals surface area contributed by atoms with Gasteiger partial charge in [-0.15, -0.1) is 0 Å². The molecule has 1 atom stereocenters. The number of oxazole rings is 1. The number of allylic oxidation sites excluding steroid dienone is 1. The molecule has 1 aliphatic rings. The van der Waals surface area contributed by atoms with Crippen molar-refractivity contribution in [2.75, 3.05) is 11.9 Å². The van der Waals surface area contributed by atoms with Gasteiger partial charge in [0.05, 0.1) is 12.8 Å². The summed E-state index contributed by atoms with van der Waals surface area (Å²) in [5.74, 6) is 0.685. The largest absolute Gasteiger partial charge is 0.497 e. The quantitative estimate of drug-likeness (QED) is 0.919. The third-order valence-corrected chi connectivity index (χ3v) is 3.36. The van der Waals surface area contributed by atoms with Crippen LogP contribution in [-0.2, 0) is 4.74 Å². The fourth-order valence-corrected chi connectivity index (χ4v) is 2.22. The van der Waals surface area contributed by atoms with Gasteiger partial charge < -0.3 is 14.5 Å². The summed E-state index contributed by atoms with van der Waals surface area (Å²) < 4.78 is 10.8. The van der Waals surface area contributed by atoms with Crippen LogP contribution in [0.1, 0.15) is 18.7 Å². The van der Waals surface area contributed by atoms with Crippen molar-refractivity contribution in [3.8, 4) is 11.3 Å². The van der Waals surface area contributed by atoms with Crippen molar-refractivity contribution in [3.05, 3.63) is 48.8 Å². The van der Waals surface area contributed by atoms with Gasteiger partial charge in [-0.25, -0.2) is 4.98 Å². The summed E-state index contributed by atoms with van der Waals surface area (Å²) in [5, 5.41) is 3.40. The molecule has 20 heavy (non-hydrogen) atoms. The Hall–Kier alpha value is -2.23. The van der Waals surface area contributed by atoms with Gasteiger partial charge in [0.15, 0.2) is 5.89 Å². The van der Waals surface area contributed by atoms with Gasteiger partial charge in [0.25, 0.3) is 0 Å². The molecule has 2 aromatic rings. The number of ether oxygens (including phenoxy) is 1. The van der Waals surface area contributed by atoms with Crippen LogP contribution < -0.4 is 5.32 Å². The van der Waals surface area contributed by atoms with Crippen molar-refractivity contribution in [1.29, 1.82) is 0 Å². The first-order chi connectivity index (χ1) is 9.81. The Labute approximate surface area is 118 Å². The van der Waals surface area contributed by atoms with E-state index in [9.17, 15) is 0 Å². The smallest absolute Gasteiger partial charge is 0.191 e. The van der Waals surface area contributed by atoms with E-state index in [0.717, 1.165) is 36.3 Å². The maximum atomic E-state index is 5.53. The molecule has 0 radical (unpaired) electrons. The molecule has 0 bridgehead atoms. The predicted molar refractivity (Wildman–Crippen MR) is 78.4 cm³/mol. The van der Waals surface area contributed by atoms with Gasteiger partial charge in [0.2, 0.25) is 0 Å². The van der Waals surface area contributed by atoms with Crippen LogP contribution in [0.4, 0.5) is 5.69 Å². The van der Waals surface area contributed by atoms with Gasteiger partial charge in [-0.05, 0) is 31.1 Å². The van der Waals surface area contributed by atoms with E-state index in [-0.39, 0.29) is 6.10 Å². The van der Waals surface area contributed by atoms with Crippen LogP contribution >= 0.6 is 0 Å². The maximum Gasteiger partial charge on any atom is 0.191 e. The van der Waals surface area contributed by atoms with Gasteiger partial charge >= 0.3 is 0 Å². The molecule has 1 aromatic carbocycles. The predicted octanol–water partition coefficient (Wildman–Crippen LogP) is 3.75. The monoisotopic (exact) mass is 270 g/mol. The van der Waals surface area contributed by atoms with E-state index in [2.05, 4.69) is 28.5 Å². The van der Waals surface area contributed by atoms with E-state index in [0.29, 0.717) is 5.89 Å². The van der Waals surface area contributed by atoms with Crippen LogP contribution in [0.2, 0.25) is 0 Å². The van der Waals surface area contributed by atoms with E-state index in [1.807, 2.05) is 19.1 Å². The Morgan fingerprint density at radius 1 is 1.30 bits per heavy atom. The van der Waals surface area contributed by atoms with Gasteiger partial charge in [-0.1, -0.05) is 12.1 Å². The molecule has 0 spiro atoms. The highest BCUT2D eigenvalue weighted by Crippen LogP contribution is 2.21. The Bertz CT molecular complexity index is 587. The summed E-state index contributed by atoms with van der Waals surface area (Å²) >= 11 is 0. The van der Waals surface area contributed by atoms with E-state index in [1.54, 1.807) is 12.5 Å². The fourth-order valence-electron chi connectivity index (χ4n) is 2.22. The standard InChI is InChI=1S/C16H18N2O2/c1-12-18-16(11-20-12)13-5-7-14(8-6-13)17-10-15-4-2-3-9-19-15/h3,5-9,11,15,17H,2,4,10H2,1H3. The van der Waals surface area contributed by atoms with Crippen LogP contribution in [0.25, 0.3) is 11.3 Å². The number of nitrogens with one attached hydrogen (secondary N) is 1. The van der Waals surface area contributed by atoms with Crippen LogP contribution in [0, 0.1) is 6.92 Å². The number of benzene rings is 1. The first kappa shape index (κ1) is 12.8. The number of hydrogen-bond acceptors (Lipinski definition) is 4.